The second-order valence-corrected chi connectivity index (χ2v) is 8.40. The van der Waals surface area contributed by atoms with Crippen molar-refractivity contribution >= 4 is 21.8 Å². The molecular weight excluding hydrogens is 282 g/mol. The minimum absolute atomic E-state index is 0.0919. The van der Waals surface area contributed by atoms with Crippen molar-refractivity contribution in [1.82, 2.24) is 13.9 Å². The Labute approximate surface area is 119 Å². The minimum atomic E-state index is -3.00. The highest BCUT2D eigenvalue weighted by Gasteiger charge is 2.34. The molecule has 0 spiro atoms. The number of hydrogen-bond acceptors (Lipinski definition) is 4. The van der Waals surface area contributed by atoms with Crippen molar-refractivity contribution in [2.45, 2.75) is 37.4 Å². The van der Waals surface area contributed by atoms with Crippen LogP contribution in [0.1, 0.15) is 31.9 Å². The smallest absolute Gasteiger partial charge is 0.214 e. The van der Waals surface area contributed by atoms with Crippen LogP contribution in [0.2, 0.25) is 0 Å². The average molecular weight is 303 g/mol. The topological polar surface area (TPSA) is 55.2 Å². The lowest BCUT2D eigenvalue weighted by Gasteiger charge is -2.17. The number of rotatable bonds is 4. The number of nitrogens with zero attached hydrogens (tertiary/aromatic N) is 3. The first-order valence-corrected chi connectivity index (χ1v) is 9.02. The van der Waals surface area contributed by atoms with Gasteiger partial charge in [-0.25, -0.2) is 17.7 Å². The summed E-state index contributed by atoms with van der Waals surface area (Å²) in [5, 5.41) is 0.960. The highest BCUT2D eigenvalue weighted by atomic mass is 32.2. The lowest BCUT2D eigenvalue weighted by atomic mass is 10.1. The summed E-state index contributed by atoms with van der Waals surface area (Å²) in [4.78, 5) is 4.42. The third-order valence-corrected chi connectivity index (χ3v) is 6.76. The van der Waals surface area contributed by atoms with Gasteiger partial charge in [-0.3, -0.25) is 0 Å². The van der Waals surface area contributed by atoms with E-state index in [-0.39, 0.29) is 11.8 Å². The van der Waals surface area contributed by atoms with Gasteiger partial charge in [0.25, 0.3) is 0 Å². The molecule has 2 rings (SSSR count). The maximum Gasteiger partial charge on any atom is 0.214 e. The lowest BCUT2D eigenvalue weighted by Crippen LogP contribution is -2.30. The largest absolute Gasteiger partial charge is 0.326 e. The van der Waals surface area contributed by atoms with Crippen LogP contribution in [0, 0.1) is 0 Å². The van der Waals surface area contributed by atoms with Crippen molar-refractivity contribution < 1.29 is 8.42 Å². The standard InChI is InChI=1S/C12H21N3O2S2/c1-9(2)11-7-13-12(14(11)3)18-8-10-5-6-19(16,17)15(10)4/h7,9-10H,5-6,8H2,1-4H3. The molecule has 1 aliphatic rings. The molecule has 1 aliphatic heterocycles. The van der Waals surface area contributed by atoms with Crippen molar-refractivity contribution in [3.8, 4) is 0 Å². The fraction of sp³-hybridized carbons (Fsp3) is 0.750. The van der Waals surface area contributed by atoms with Crippen LogP contribution in [0.3, 0.4) is 0 Å². The summed E-state index contributed by atoms with van der Waals surface area (Å²) in [6.07, 6.45) is 2.62. The highest BCUT2D eigenvalue weighted by Crippen LogP contribution is 2.27. The van der Waals surface area contributed by atoms with E-state index in [4.69, 9.17) is 0 Å². The van der Waals surface area contributed by atoms with Crippen LogP contribution >= 0.6 is 11.8 Å². The van der Waals surface area contributed by atoms with Gasteiger partial charge < -0.3 is 4.57 Å². The Hall–Kier alpha value is -0.530. The molecule has 0 aliphatic carbocycles. The van der Waals surface area contributed by atoms with Gasteiger partial charge in [-0.1, -0.05) is 25.6 Å². The SMILES string of the molecule is CC(C)c1cnc(SCC2CCS(=O)(=O)N2C)n1C. The van der Waals surface area contributed by atoms with Crippen molar-refractivity contribution in [3.05, 3.63) is 11.9 Å². The lowest BCUT2D eigenvalue weighted by molar-refractivity contribution is 0.426. The van der Waals surface area contributed by atoms with Crippen molar-refractivity contribution in [2.24, 2.45) is 7.05 Å². The Balaban J connectivity index is 2.01. The second-order valence-electron chi connectivity index (χ2n) is 5.27. The van der Waals surface area contributed by atoms with Crippen LogP contribution < -0.4 is 0 Å². The quantitative estimate of drug-likeness (QED) is 0.794. The van der Waals surface area contributed by atoms with Crippen LogP contribution in [0.5, 0.6) is 0 Å². The Morgan fingerprint density at radius 3 is 2.63 bits per heavy atom. The Bertz CT molecular complexity index is 551. The maximum atomic E-state index is 11.6. The zero-order valence-electron chi connectivity index (χ0n) is 11.8. The van der Waals surface area contributed by atoms with Gasteiger partial charge in [-0.05, 0) is 12.3 Å². The van der Waals surface area contributed by atoms with E-state index in [2.05, 4.69) is 23.4 Å². The zero-order chi connectivity index (χ0) is 14.2. The van der Waals surface area contributed by atoms with Crippen LogP contribution in [-0.2, 0) is 17.1 Å². The van der Waals surface area contributed by atoms with Crippen molar-refractivity contribution in [2.75, 3.05) is 18.6 Å². The molecule has 0 bridgehead atoms. The summed E-state index contributed by atoms with van der Waals surface area (Å²) in [7, 11) is 0.682. The molecule has 1 atom stereocenters. The molecule has 1 saturated heterocycles. The highest BCUT2D eigenvalue weighted by molar-refractivity contribution is 7.99. The number of imidazole rings is 1. The third-order valence-electron chi connectivity index (χ3n) is 3.64. The molecule has 0 N–H and O–H groups in total. The minimum Gasteiger partial charge on any atom is -0.326 e. The fourth-order valence-corrected chi connectivity index (χ4v) is 5.02. The number of aromatic nitrogens is 2. The molecule has 0 radical (unpaired) electrons. The Kier molecular flexibility index (Phi) is 4.27. The first-order chi connectivity index (χ1) is 8.83. The summed E-state index contributed by atoms with van der Waals surface area (Å²) >= 11 is 1.63. The van der Waals surface area contributed by atoms with Gasteiger partial charge in [0.2, 0.25) is 10.0 Å². The number of thioether (sulfide) groups is 1. The first-order valence-electron chi connectivity index (χ1n) is 6.43. The van der Waals surface area contributed by atoms with Gasteiger partial charge in [-0.2, -0.15) is 0 Å². The fourth-order valence-electron chi connectivity index (χ4n) is 2.27. The van der Waals surface area contributed by atoms with E-state index in [0.29, 0.717) is 12.3 Å². The van der Waals surface area contributed by atoms with Crippen LogP contribution in [0.25, 0.3) is 0 Å². The molecule has 19 heavy (non-hydrogen) atoms. The molecule has 108 valence electrons. The average Bonchev–Trinajstić information content (AvgIpc) is 2.80. The van der Waals surface area contributed by atoms with Gasteiger partial charge in [0, 0.05) is 37.8 Å². The predicted molar refractivity (Wildman–Crippen MR) is 78.0 cm³/mol. The molecular formula is C12H21N3O2S2. The van der Waals surface area contributed by atoms with Gasteiger partial charge in [0.1, 0.15) is 0 Å². The van der Waals surface area contributed by atoms with E-state index >= 15 is 0 Å². The van der Waals surface area contributed by atoms with Crippen molar-refractivity contribution in [1.29, 1.82) is 0 Å². The molecule has 1 fully saturated rings. The molecule has 7 heteroatoms. The van der Waals surface area contributed by atoms with Crippen LogP contribution in [0.4, 0.5) is 0 Å². The van der Waals surface area contributed by atoms with Crippen molar-refractivity contribution in [3.63, 3.8) is 0 Å². The maximum absolute atomic E-state index is 11.6. The molecule has 1 unspecified atom stereocenters. The Morgan fingerprint density at radius 2 is 2.16 bits per heavy atom. The Morgan fingerprint density at radius 1 is 1.47 bits per heavy atom. The summed E-state index contributed by atoms with van der Waals surface area (Å²) < 4.78 is 26.9. The number of hydrogen-bond donors (Lipinski definition) is 0. The zero-order valence-corrected chi connectivity index (χ0v) is 13.5. The van der Waals surface area contributed by atoms with E-state index in [0.717, 1.165) is 10.9 Å². The summed E-state index contributed by atoms with van der Waals surface area (Å²) in [6, 6.07) is 0.0919. The normalized spacial score (nSPS) is 23.3. The van der Waals surface area contributed by atoms with Gasteiger partial charge in [0.15, 0.2) is 5.16 Å². The molecule has 0 aromatic carbocycles. The van der Waals surface area contributed by atoms with Gasteiger partial charge in [0.05, 0.1) is 5.75 Å². The van der Waals surface area contributed by atoms with E-state index in [9.17, 15) is 8.42 Å². The third kappa shape index (κ3) is 2.98. The molecule has 0 saturated carbocycles. The molecule has 0 amide bonds. The van der Waals surface area contributed by atoms with Crippen LogP contribution in [0.15, 0.2) is 11.4 Å². The summed E-state index contributed by atoms with van der Waals surface area (Å²) in [5.74, 6) is 1.48. The molecule has 5 nitrogen and oxygen atoms in total. The monoisotopic (exact) mass is 303 g/mol. The van der Waals surface area contributed by atoms with Gasteiger partial charge in [-0.15, -0.1) is 0 Å². The molecule has 1 aromatic heterocycles. The van der Waals surface area contributed by atoms with E-state index < -0.39 is 10.0 Å². The summed E-state index contributed by atoms with van der Waals surface area (Å²) in [6.45, 7) is 4.28. The van der Waals surface area contributed by atoms with E-state index in [1.807, 2.05) is 13.2 Å². The molecule has 1 aromatic rings. The molecule has 2 heterocycles. The first kappa shape index (κ1) is 14.9. The van der Waals surface area contributed by atoms with Crippen LogP contribution in [-0.4, -0.2) is 46.9 Å². The predicted octanol–water partition coefficient (Wildman–Crippen LogP) is 1.67. The second kappa shape index (κ2) is 5.46. The van der Waals surface area contributed by atoms with E-state index in [1.165, 1.54) is 10.00 Å². The van der Waals surface area contributed by atoms with Gasteiger partial charge >= 0.3 is 0 Å². The number of sulfonamides is 1. The summed E-state index contributed by atoms with van der Waals surface area (Å²) in [5.41, 5.74) is 1.20. The van der Waals surface area contributed by atoms with E-state index in [1.54, 1.807) is 18.8 Å².